The summed E-state index contributed by atoms with van der Waals surface area (Å²) in [6.07, 6.45) is -0.618. The minimum Gasteiger partial charge on any atom is -0.465 e. The number of aromatic nitrogens is 2. The van der Waals surface area contributed by atoms with Crippen molar-refractivity contribution in [2.24, 2.45) is 10.8 Å². The van der Waals surface area contributed by atoms with Crippen molar-refractivity contribution in [3.63, 3.8) is 0 Å². The molecule has 0 saturated carbocycles. The van der Waals surface area contributed by atoms with Crippen molar-refractivity contribution < 1.29 is 29.4 Å². The van der Waals surface area contributed by atoms with E-state index in [-0.39, 0.29) is 31.5 Å². The number of carbonyl (C=O) groups excluding carboxylic acids is 3. The van der Waals surface area contributed by atoms with Crippen molar-refractivity contribution in [2.45, 2.75) is 105 Å². The molecule has 322 valence electrons. The highest BCUT2D eigenvalue weighted by atomic mass is 32.1. The molecule has 0 radical (unpaired) electrons. The fourth-order valence-corrected chi connectivity index (χ4v) is 8.14. The highest BCUT2D eigenvalue weighted by Crippen LogP contribution is 2.30. The third-order valence-corrected chi connectivity index (χ3v) is 11.6. The van der Waals surface area contributed by atoms with Gasteiger partial charge in [0.1, 0.15) is 12.1 Å². The minimum atomic E-state index is -1.34. The van der Waals surface area contributed by atoms with Crippen LogP contribution in [-0.2, 0) is 29.1 Å². The molecule has 1 aliphatic rings. The van der Waals surface area contributed by atoms with E-state index in [9.17, 15) is 29.4 Å². The second kappa shape index (κ2) is 19.8. The standard InChI is InChI=1S/C45H60N8O6S/c1-29(2)41-47-33(28-60-41)26-51-22-23-53(43(51)59)38(45(6,7)8)40(56)48-35(24-30-14-10-9-11-15-30)36(54)27-52(50-39(55)37(44(3,4)5)49-42(57)58)25-31-17-19-32(20-18-31)34-16-12-13-21-46-34/h9-21,28-29,35-38,49,54H,22-27H2,1-8H3,(H,48,56)(H,50,55)(H,57,58)/t35-,36-,37+,38+/m0/s1. The van der Waals surface area contributed by atoms with Gasteiger partial charge in [0.05, 0.1) is 35.1 Å². The lowest BCUT2D eigenvalue weighted by Gasteiger charge is -2.38. The fraction of sp³-hybridized carbons (Fsp3) is 0.467. The lowest BCUT2D eigenvalue weighted by molar-refractivity contribution is -0.133. The molecule has 60 heavy (non-hydrogen) atoms. The van der Waals surface area contributed by atoms with Crippen molar-refractivity contribution in [2.75, 3.05) is 19.6 Å². The Labute approximate surface area is 357 Å². The molecule has 2 aromatic heterocycles. The zero-order chi connectivity index (χ0) is 43.8. The summed E-state index contributed by atoms with van der Waals surface area (Å²) in [7, 11) is 0. The molecule has 0 aliphatic carbocycles. The smallest absolute Gasteiger partial charge is 0.405 e. The van der Waals surface area contributed by atoms with Crippen LogP contribution in [0.15, 0.2) is 84.4 Å². The van der Waals surface area contributed by atoms with Crippen molar-refractivity contribution in [3.8, 4) is 11.3 Å². The van der Waals surface area contributed by atoms with Crippen molar-refractivity contribution in [1.82, 2.24) is 40.8 Å². The summed E-state index contributed by atoms with van der Waals surface area (Å²) in [6, 6.07) is 19.7. The van der Waals surface area contributed by atoms with Crippen LogP contribution in [0, 0.1) is 10.8 Å². The molecule has 14 nitrogen and oxygen atoms in total. The van der Waals surface area contributed by atoms with Gasteiger partial charge < -0.3 is 30.6 Å². The Morgan fingerprint density at radius 1 is 0.867 bits per heavy atom. The van der Waals surface area contributed by atoms with Crippen molar-refractivity contribution >= 4 is 35.3 Å². The SMILES string of the molecule is CC(C)c1nc(CN2CCN([C@H](C(=O)N[C@@H](Cc3ccccc3)[C@@H](O)CN(Cc3ccc(-c4ccccn4)cc3)NC(=O)[C@@H](NC(=O)O)C(C)(C)C)C(C)(C)C)C2=O)cs1. The summed E-state index contributed by atoms with van der Waals surface area (Å²) in [4.78, 5) is 66.7. The molecule has 5 amide bonds. The average molecular weight is 841 g/mol. The van der Waals surface area contributed by atoms with Crippen LogP contribution in [0.1, 0.15) is 83.1 Å². The van der Waals surface area contributed by atoms with E-state index in [0.29, 0.717) is 19.6 Å². The van der Waals surface area contributed by atoms with Gasteiger partial charge in [-0.3, -0.25) is 20.0 Å². The zero-order valence-electron chi connectivity index (χ0n) is 35.9. The summed E-state index contributed by atoms with van der Waals surface area (Å²) in [5.41, 5.74) is 5.59. The first kappa shape index (κ1) is 45.7. The van der Waals surface area contributed by atoms with Crippen molar-refractivity contribution in [1.29, 1.82) is 0 Å². The predicted molar refractivity (Wildman–Crippen MR) is 233 cm³/mol. The predicted octanol–water partition coefficient (Wildman–Crippen LogP) is 6.28. The van der Waals surface area contributed by atoms with Crippen LogP contribution in [-0.4, -0.2) is 103 Å². The van der Waals surface area contributed by atoms with Gasteiger partial charge in [-0.1, -0.05) is 116 Å². The van der Waals surface area contributed by atoms with Crippen LogP contribution < -0.4 is 16.1 Å². The van der Waals surface area contributed by atoms with E-state index >= 15 is 0 Å². The van der Waals surface area contributed by atoms with E-state index in [1.165, 1.54) is 0 Å². The monoisotopic (exact) mass is 840 g/mol. The van der Waals surface area contributed by atoms with Crippen LogP contribution in [0.4, 0.5) is 9.59 Å². The first-order valence-electron chi connectivity index (χ1n) is 20.4. The van der Waals surface area contributed by atoms with E-state index in [1.54, 1.807) is 53.1 Å². The molecule has 0 bridgehead atoms. The molecule has 3 heterocycles. The summed E-state index contributed by atoms with van der Waals surface area (Å²) in [5, 5.41) is 31.7. The highest BCUT2D eigenvalue weighted by Gasteiger charge is 2.44. The lowest BCUT2D eigenvalue weighted by Crippen LogP contribution is -2.61. The summed E-state index contributed by atoms with van der Waals surface area (Å²) in [6.45, 7) is 16.3. The largest absolute Gasteiger partial charge is 0.465 e. The second-order valence-corrected chi connectivity index (χ2v) is 18.8. The molecular formula is C45H60N8O6S. The van der Waals surface area contributed by atoms with Gasteiger partial charge in [0, 0.05) is 49.2 Å². The number of nitrogens with one attached hydrogen (secondary N) is 3. The maximum atomic E-state index is 14.6. The van der Waals surface area contributed by atoms with Gasteiger partial charge in [0.2, 0.25) is 5.91 Å². The van der Waals surface area contributed by atoms with Crippen LogP contribution in [0.3, 0.4) is 0 Å². The third kappa shape index (κ3) is 12.3. The number of pyridine rings is 1. The normalized spacial score (nSPS) is 15.5. The molecule has 5 rings (SSSR count). The molecule has 0 unspecified atom stereocenters. The number of amides is 5. The Bertz CT molecular complexity index is 2050. The minimum absolute atomic E-state index is 0.140. The third-order valence-electron chi connectivity index (χ3n) is 10.4. The first-order valence-corrected chi connectivity index (χ1v) is 21.3. The molecule has 2 aromatic carbocycles. The Kier molecular flexibility index (Phi) is 15.1. The molecular weight excluding hydrogens is 781 g/mol. The number of hydrogen-bond acceptors (Lipinski definition) is 9. The summed E-state index contributed by atoms with van der Waals surface area (Å²) in [5.74, 6) is -0.731. The van der Waals surface area contributed by atoms with Crippen LogP contribution in [0.25, 0.3) is 11.3 Å². The summed E-state index contributed by atoms with van der Waals surface area (Å²) < 4.78 is 0. The quantitative estimate of drug-likeness (QED) is 0.0765. The summed E-state index contributed by atoms with van der Waals surface area (Å²) >= 11 is 1.57. The molecule has 1 saturated heterocycles. The number of carboxylic acid groups (broad SMARTS) is 1. The molecule has 1 aliphatic heterocycles. The van der Waals surface area contributed by atoms with E-state index in [0.717, 1.165) is 33.1 Å². The van der Waals surface area contributed by atoms with E-state index < -0.39 is 53.0 Å². The Morgan fingerprint density at radius 2 is 1.55 bits per heavy atom. The zero-order valence-corrected chi connectivity index (χ0v) is 36.7. The Balaban J connectivity index is 1.40. The molecule has 4 aromatic rings. The lowest BCUT2D eigenvalue weighted by atomic mass is 9.84. The fourth-order valence-electron chi connectivity index (χ4n) is 7.32. The number of benzene rings is 2. The number of aliphatic hydroxyl groups is 1. The Hall–Kier alpha value is -5.38. The average Bonchev–Trinajstić information content (AvgIpc) is 3.80. The van der Waals surface area contributed by atoms with Crippen LogP contribution in [0.2, 0.25) is 0 Å². The van der Waals surface area contributed by atoms with Gasteiger partial charge in [-0.15, -0.1) is 11.3 Å². The van der Waals surface area contributed by atoms with E-state index in [2.05, 4.69) is 34.9 Å². The van der Waals surface area contributed by atoms with Gasteiger partial charge in [-0.2, -0.15) is 0 Å². The molecule has 5 N–H and O–H groups in total. The topological polar surface area (TPSA) is 180 Å². The van der Waals surface area contributed by atoms with Crippen LogP contribution in [0.5, 0.6) is 0 Å². The van der Waals surface area contributed by atoms with Gasteiger partial charge >= 0.3 is 12.1 Å². The number of carbonyl (C=O) groups is 4. The molecule has 0 spiro atoms. The van der Waals surface area contributed by atoms with Gasteiger partial charge in [-0.05, 0) is 40.5 Å². The van der Waals surface area contributed by atoms with Gasteiger partial charge in [0.25, 0.3) is 5.91 Å². The Morgan fingerprint density at radius 3 is 2.13 bits per heavy atom. The first-order chi connectivity index (χ1) is 28.3. The molecule has 4 atom stereocenters. The maximum absolute atomic E-state index is 14.6. The van der Waals surface area contributed by atoms with E-state index in [1.807, 2.05) is 98.9 Å². The van der Waals surface area contributed by atoms with Crippen molar-refractivity contribution in [3.05, 3.63) is 106 Å². The number of rotatable bonds is 17. The number of hydrazine groups is 1. The van der Waals surface area contributed by atoms with Crippen LogP contribution >= 0.6 is 11.3 Å². The van der Waals surface area contributed by atoms with Gasteiger partial charge in [-0.25, -0.2) is 19.6 Å². The number of aliphatic hydroxyl groups excluding tert-OH is 1. The maximum Gasteiger partial charge on any atom is 0.405 e. The van der Waals surface area contributed by atoms with Gasteiger partial charge in [0.15, 0.2) is 0 Å². The molecule has 1 fully saturated rings. The highest BCUT2D eigenvalue weighted by molar-refractivity contribution is 7.09. The second-order valence-electron chi connectivity index (χ2n) is 17.9. The number of thiazole rings is 1. The number of urea groups is 1. The van der Waals surface area contributed by atoms with E-state index in [4.69, 9.17) is 4.98 Å². The number of hydrogen-bond donors (Lipinski definition) is 5. The number of nitrogens with zero attached hydrogens (tertiary/aromatic N) is 5. The molecule has 15 heteroatoms.